The first-order valence-corrected chi connectivity index (χ1v) is 10.4. The van der Waals surface area contributed by atoms with Crippen molar-refractivity contribution in [1.82, 2.24) is 0 Å². The summed E-state index contributed by atoms with van der Waals surface area (Å²) in [5.41, 5.74) is 0. The van der Waals surface area contributed by atoms with Crippen molar-refractivity contribution < 1.29 is 15.3 Å². The first-order chi connectivity index (χ1) is 11.0. The molecule has 118 valence electrons. The van der Waals surface area contributed by atoms with Crippen LogP contribution in [0.3, 0.4) is 0 Å². The fourth-order valence-corrected chi connectivity index (χ4v) is 7.48. The molecule has 0 saturated heterocycles. The molecule has 23 heavy (non-hydrogen) atoms. The van der Waals surface area contributed by atoms with E-state index in [4.69, 9.17) is 0 Å². The predicted molar refractivity (Wildman–Crippen MR) is 95.6 cm³/mol. The van der Waals surface area contributed by atoms with E-state index in [-0.39, 0.29) is 17.2 Å². The molecular formula is C18H15BrO3S. The predicted octanol–water partition coefficient (Wildman–Crippen LogP) is 5.40. The molecular weight excluding hydrogens is 376 g/mol. The SMILES string of the molecule is Oc1ccccc1S(Br)(c1ccccc1O)c1ccccc1O. The van der Waals surface area contributed by atoms with E-state index >= 15 is 0 Å². The second-order valence-electron chi connectivity index (χ2n) is 4.94. The van der Waals surface area contributed by atoms with Crippen molar-refractivity contribution in [3.8, 4) is 17.2 Å². The number of hydrogen-bond donors (Lipinski definition) is 3. The fraction of sp³-hybridized carbons (Fsp3) is 0. The minimum atomic E-state index is -2.20. The van der Waals surface area contributed by atoms with Gasteiger partial charge in [-0.05, 0) is 51.2 Å². The molecule has 3 aromatic carbocycles. The Hall–Kier alpha value is -2.11. The van der Waals surface area contributed by atoms with Crippen LogP contribution in [-0.4, -0.2) is 15.3 Å². The number of halogens is 1. The van der Waals surface area contributed by atoms with Crippen LogP contribution in [0, 0.1) is 0 Å². The van der Waals surface area contributed by atoms with Crippen LogP contribution in [0.1, 0.15) is 0 Å². The van der Waals surface area contributed by atoms with Crippen molar-refractivity contribution in [2.24, 2.45) is 0 Å². The molecule has 0 saturated carbocycles. The van der Waals surface area contributed by atoms with Gasteiger partial charge in [-0.2, -0.15) is 0 Å². The first kappa shape index (κ1) is 15.8. The lowest BCUT2D eigenvalue weighted by atomic mass is 10.3. The van der Waals surface area contributed by atoms with Crippen LogP contribution < -0.4 is 0 Å². The van der Waals surface area contributed by atoms with Crippen LogP contribution in [0.25, 0.3) is 0 Å². The summed E-state index contributed by atoms with van der Waals surface area (Å²) in [6.45, 7) is 0. The number of rotatable bonds is 3. The summed E-state index contributed by atoms with van der Waals surface area (Å²) in [6.07, 6.45) is 0. The van der Waals surface area contributed by atoms with Gasteiger partial charge in [0.15, 0.2) is 0 Å². The van der Waals surface area contributed by atoms with Crippen LogP contribution in [0.15, 0.2) is 87.5 Å². The van der Waals surface area contributed by atoms with Crippen LogP contribution >= 0.6 is 23.3 Å². The van der Waals surface area contributed by atoms with Crippen LogP contribution in [0.4, 0.5) is 0 Å². The van der Waals surface area contributed by atoms with Gasteiger partial charge in [0.25, 0.3) is 0 Å². The van der Waals surface area contributed by atoms with Gasteiger partial charge in [-0.15, -0.1) is 0 Å². The Balaban J connectivity index is 2.38. The van der Waals surface area contributed by atoms with Crippen LogP contribution in [-0.2, 0) is 0 Å². The lowest BCUT2D eigenvalue weighted by Crippen LogP contribution is -1.97. The van der Waals surface area contributed by atoms with Gasteiger partial charge in [0.1, 0.15) is 17.2 Å². The summed E-state index contributed by atoms with van der Waals surface area (Å²) in [6, 6.07) is 20.8. The Kier molecular flexibility index (Phi) is 4.24. The molecule has 0 aliphatic carbocycles. The van der Waals surface area contributed by atoms with Gasteiger partial charge < -0.3 is 15.3 Å². The second-order valence-corrected chi connectivity index (χ2v) is 10.2. The molecule has 0 spiro atoms. The topological polar surface area (TPSA) is 60.7 Å². The Morgan fingerprint density at radius 3 is 1.04 bits per heavy atom. The number of benzene rings is 3. The Labute approximate surface area is 143 Å². The zero-order valence-electron chi connectivity index (χ0n) is 12.1. The summed E-state index contributed by atoms with van der Waals surface area (Å²) < 4.78 is 0. The van der Waals surface area contributed by atoms with Gasteiger partial charge in [-0.25, -0.2) is 0 Å². The molecule has 0 amide bonds. The first-order valence-electron chi connectivity index (χ1n) is 6.92. The number of phenolic OH excluding ortho intramolecular Hbond substituents is 3. The third-order valence-electron chi connectivity index (χ3n) is 3.50. The highest BCUT2D eigenvalue weighted by Gasteiger charge is 2.34. The molecule has 3 nitrogen and oxygen atoms in total. The molecule has 0 heterocycles. The van der Waals surface area contributed by atoms with E-state index in [0.717, 1.165) is 0 Å². The maximum Gasteiger partial charge on any atom is 0.129 e. The maximum atomic E-state index is 10.4. The minimum Gasteiger partial charge on any atom is -0.507 e. The van der Waals surface area contributed by atoms with E-state index < -0.39 is 8.46 Å². The van der Waals surface area contributed by atoms with E-state index in [2.05, 4.69) is 14.8 Å². The van der Waals surface area contributed by atoms with Gasteiger partial charge in [-0.3, -0.25) is 0 Å². The molecule has 0 aliphatic heterocycles. The lowest BCUT2D eigenvalue weighted by Gasteiger charge is -2.35. The third kappa shape index (κ3) is 2.66. The molecule has 5 heteroatoms. The van der Waals surface area contributed by atoms with E-state index in [9.17, 15) is 15.3 Å². The monoisotopic (exact) mass is 390 g/mol. The molecule has 0 fully saturated rings. The largest absolute Gasteiger partial charge is 0.507 e. The summed E-state index contributed by atoms with van der Waals surface area (Å²) in [7, 11) is -2.20. The van der Waals surface area contributed by atoms with Crippen LogP contribution in [0.5, 0.6) is 17.2 Å². The van der Waals surface area contributed by atoms with Crippen molar-refractivity contribution in [2.75, 3.05) is 0 Å². The molecule has 0 atom stereocenters. The van der Waals surface area contributed by atoms with Gasteiger partial charge in [0.2, 0.25) is 0 Å². The highest BCUT2D eigenvalue weighted by Crippen LogP contribution is 2.78. The van der Waals surface area contributed by atoms with Crippen LogP contribution in [0.2, 0.25) is 0 Å². The Bertz CT molecular complexity index is 740. The van der Waals surface area contributed by atoms with Crippen molar-refractivity contribution in [3.05, 3.63) is 72.8 Å². The zero-order valence-corrected chi connectivity index (χ0v) is 14.5. The summed E-state index contributed by atoms with van der Waals surface area (Å²) in [5.74, 6) is 0.308. The van der Waals surface area contributed by atoms with Crippen molar-refractivity contribution in [1.29, 1.82) is 0 Å². The van der Waals surface area contributed by atoms with E-state index in [1.54, 1.807) is 54.6 Å². The molecule has 3 N–H and O–H groups in total. The quantitative estimate of drug-likeness (QED) is 0.561. The van der Waals surface area contributed by atoms with Gasteiger partial charge in [0, 0.05) is 14.7 Å². The number of para-hydroxylation sites is 3. The van der Waals surface area contributed by atoms with Gasteiger partial charge in [0.05, 0.1) is 0 Å². The number of phenols is 3. The van der Waals surface area contributed by atoms with Crippen molar-refractivity contribution in [2.45, 2.75) is 14.7 Å². The maximum absolute atomic E-state index is 10.4. The normalized spacial score (nSPS) is 12.0. The summed E-state index contributed by atoms with van der Waals surface area (Å²) in [4.78, 5) is 1.84. The molecule has 0 bridgehead atoms. The average molecular weight is 391 g/mol. The smallest absolute Gasteiger partial charge is 0.129 e. The highest BCUT2D eigenvalue weighted by atomic mass is 79.9. The lowest BCUT2D eigenvalue weighted by molar-refractivity contribution is 0.456. The molecule has 3 aromatic rings. The van der Waals surface area contributed by atoms with E-state index in [1.165, 1.54) is 0 Å². The highest BCUT2D eigenvalue weighted by molar-refractivity contribution is 9.58. The fourth-order valence-electron chi connectivity index (χ4n) is 2.44. The van der Waals surface area contributed by atoms with E-state index in [1.807, 2.05) is 18.2 Å². The van der Waals surface area contributed by atoms with Gasteiger partial charge in [-0.1, -0.05) is 44.9 Å². The average Bonchev–Trinajstić information content (AvgIpc) is 2.55. The van der Waals surface area contributed by atoms with Crippen molar-refractivity contribution >= 4 is 23.3 Å². The molecule has 3 rings (SSSR count). The molecule has 0 radical (unpaired) electrons. The van der Waals surface area contributed by atoms with E-state index in [0.29, 0.717) is 14.7 Å². The van der Waals surface area contributed by atoms with Crippen molar-refractivity contribution in [3.63, 3.8) is 0 Å². The molecule has 0 aromatic heterocycles. The third-order valence-corrected chi connectivity index (χ3v) is 9.50. The Morgan fingerprint density at radius 2 is 0.783 bits per heavy atom. The summed E-state index contributed by atoms with van der Waals surface area (Å²) >= 11 is 3.77. The number of aromatic hydroxyl groups is 3. The minimum absolute atomic E-state index is 0.103. The van der Waals surface area contributed by atoms with Gasteiger partial charge >= 0.3 is 0 Å². The molecule has 0 unspecified atom stereocenters. The standard InChI is InChI=1S/C18H15BrO3S/c19-23(16-10-4-1-7-13(16)20,17-11-5-2-8-14(17)21)18-12-6-3-9-15(18)22/h1-12,20-22H. The zero-order chi connectivity index (χ0) is 16.4. The number of hydrogen-bond acceptors (Lipinski definition) is 3. The summed E-state index contributed by atoms with van der Waals surface area (Å²) in [5, 5.41) is 31.1. The second kappa shape index (κ2) is 6.18. The molecule has 0 aliphatic rings. The Morgan fingerprint density at radius 1 is 0.522 bits per heavy atom.